The molecule has 0 spiro atoms. The van der Waals surface area contributed by atoms with Gasteiger partial charge in [0.1, 0.15) is 11.5 Å². The van der Waals surface area contributed by atoms with Crippen molar-refractivity contribution in [1.29, 1.82) is 0 Å². The van der Waals surface area contributed by atoms with Gasteiger partial charge in [-0.15, -0.1) is 0 Å². The highest BCUT2D eigenvalue weighted by atomic mass is 79.9. The summed E-state index contributed by atoms with van der Waals surface area (Å²) in [6.07, 6.45) is 4.98. The second-order valence-electron chi connectivity index (χ2n) is 6.16. The number of pyridine rings is 1. The Morgan fingerprint density at radius 1 is 1.07 bits per heavy atom. The van der Waals surface area contributed by atoms with E-state index in [1.165, 1.54) is 6.08 Å². The maximum absolute atomic E-state index is 13.1. The van der Waals surface area contributed by atoms with Crippen LogP contribution in [0.3, 0.4) is 0 Å². The smallest absolute Gasteiger partial charge is 0.251 e. The molecule has 148 valence electrons. The molecule has 29 heavy (non-hydrogen) atoms. The number of benzene rings is 2. The molecule has 3 rings (SSSR count). The van der Waals surface area contributed by atoms with Gasteiger partial charge in [-0.1, -0.05) is 22.0 Å². The Bertz CT molecular complexity index is 989. The van der Waals surface area contributed by atoms with Crippen LogP contribution in [0, 0.1) is 0 Å². The average molecular weight is 453 g/mol. The zero-order valence-electron chi connectivity index (χ0n) is 16.2. The van der Waals surface area contributed by atoms with E-state index in [0.717, 1.165) is 21.4 Å². The van der Waals surface area contributed by atoms with Crippen molar-refractivity contribution in [3.05, 3.63) is 88.7 Å². The van der Waals surface area contributed by atoms with Crippen molar-refractivity contribution in [2.24, 2.45) is 0 Å². The standard InChI is InChI=1S/C23H21BrN2O3/c1-28-21-11-12-22(29-2)17(15-21)6-13-23(27)26(16-19-5-3-4-14-25-19)20-9-7-18(24)8-10-20/h3-15H,16H2,1-2H3/b13-6+. The Morgan fingerprint density at radius 3 is 2.52 bits per heavy atom. The molecule has 0 radical (unpaired) electrons. The number of rotatable bonds is 7. The normalized spacial score (nSPS) is 10.7. The van der Waals surface area contributed by atoms with Crippen molar-refractivity contribution in [3.63, 3.8) is 0 Å². The summed E-state index contributed by atoms with van der Waals surface area (Å²) in [4.78, 5) is 19.1. The lowest BCUT2D eigenvalue weighted by molar-refractivity contribution is -0.114. The van der Waals surface area contributed by atoms with Gasteiger partial charge in [0.15, 0.2) is 0 Å². The van der Waals surface area contributed by atoms with Gasteiger partial charge in [-0.3, -0.25) is 9.78 Å². The average Bonchev–Trinajstić information content (AvgIpc) is 2.77. The van der Waals surface area contributed by atoms with Gasteiger partial charge in [0.25, 0.3) is 5.91 Å². The minimum atomic E-state index is -0.164. The molecule has 0 aliphatic carbocycles. The zero-order valence-corrected chi connectivity index (χ0v) is 17.8. The minimum absolute atomic E-state index is 0.164. The largest absolute Gasteiger partial charge is 0.497 e. The third kappa shape index (κ3) is 5.45. The van der Waals surface area contributed by atoms with Crippen LogP contribution < -0.4 is 14.4 Å². The van der Waals surface area contributed by atoms with Crippen LogP contribution in [0.5, 0.6) is 11.5 Å². The first kappa shape index (κ1) is 20.6. The van der Waals surface area contributed by atoms with E-state index in [0.29, 0.717) is 18.0 Å². The Hall–Kier alpha value is -3.12. The maximum Gasteiger partial charge on any atom is 0.251 e. The third-order valence-corrected chi connectivity index (χ3v) is 4.82. The number of ether oxygens (including phenoxy) is 2. The van der Waals surface area contributed by atoms with E-state index < -0.39 is 0 Å². The highest BCUT2D eigenvalue weighted by Gasteiger charge is 2.15. The molecule has 0 unspecified atom stereocenters. The summed E-state index contributed by atoms with van der Waals surface area (Å²) in [5, 5.41) is 0. The number of hydrogen-bond donors (Lipinski definition) is 0. The van der Waals surface area contributed by atoms with Gasteiger partial charge in [-0.2, -0.15) is 0 Å². The summed E-state index contributed by atoms with van der Waals surface area (Å²) >= 11 is 3.43. The van der Waals surface area contributed by atoms with Crippen LogP contribution in [-0.2, 0) is 11.3 Å². The molecule has 3 aromatic rings. The van der Waals surface area contributed by atoms with E-state index >= 15 is 0 Å². The summed E-state index contributed by atoms with van der Waals surface area (Å²) in [7, 11) is 3.19. The van der Waals surface area contributed by atoms with Gasteiger partial charge in [-0.05, 0) is 60.7 Å². The third-order valence-electron chi connectivity index (χ3n) is 4.29. The van der Waals surface area contributed by atoms with E-state index in [4.69, 9.17) is 9.47 Å². The summed E-state index contributed by atoms with van der Waals surface area (Å²) in [5.74, 6) is 1.19. The van der Waals surface area contributed by atoms with Gasteiger partial charge in [0.2, 0.25) is 0 Å². The first-order valence-electron chi connectivity index (χ1n) is 8.98. The van der Waals surface area contributed by atoms with Crippen molar-refractivity contribution in [2.45, 2.75) is 6.54 Å². The summed E-state index contributed by atoms with van der Waals surface area (Å²) in [6, 6.07) is 18.7. The van der Waals surface area contributed by atoms with Gasteiger partial charge in [-0.25, -0.2) is 0 Å². The second kappa shape index (κ2) is 9.89. The molecule has 1 amide bonds. The summed E-state index contributed by atoms with van der Waals surface area (Å²) in [5.41, 5.74) is 2.34. The van der Waals surface area contributed by atoms with Crippen molar-refractivity contribution in [3.8, 4) is 11.5 Å². The predicted octanol–water partition coefficient (Wildman–Crippen LogP) is 5.11. The van der Waals surface area contributed by atoms with Crippen LogP contribution in [0.25, 0.3) is 6.08 Å². The van der Waals surface area contributed by atoms with E-state index in [1.54, 1.807) is 31.4 Å². The van der Waals surface area contributed by atoms with E-state index in [9.17, 15) is 4.79 Å². The van der Waals surface area contributed by atoms with Crippen LogP contribution >= 0.6 is 15.9 Å². The van der Waals surface area contributed by atoms with Gasteiger partial charge < -0.3 is 14.4 Å². The molecule has 1 heterocycles. The van der Waals surface area contributed by atoms with Crippen LogP contribution in [-0.4, -0.2) is 25.1 Å². The number of methoxy groups -OCH3 is 2. The van der Waals surface area contributed by atoms with E-state index in [-0.39, 0.29) is 5.91 Å². The SMILES string of the molecule is COc1ccc(OC)c(/C=C/C(=O)N(Cc2ccccn2)c2ccc(Br)cc2)c1. The Kier molecular flexibility index (Phi) is 7.03. The number of anilines is 1. The number of nitrogens with zero attached hydrogens (tertiary/aromatic N) is 2. The number of carbonyl (C=O) groups is 1. The second-order valence-corrected chi connectivity index (χ2v) is 7.08. The molecule has 0 aliphatic heterocycles. The first-order valence-corrected chi connectivity index (χ1v) is 9.77. The predicted molar refractivity (Wildman–Crippen MR) is 118 cm³/mol. The lowest BCUT2D eigenvalue weighted by Crippen LogP contribution is -2.29. The number of amides is 1. The van der Waals surface area contributed by atoms with Crippen LogP contribution in [0.15, 0.2) is 77.4 Å². The number of aromatic nitrogens is 1. The van der Waals surface area contributed by atoms with Crippen molar-refractivity contribution < 1.29 is 14.3 Å². The topological polar surface area (TPSA) is 51.7 Å². The lowest BCUT2D eigenvalue weighted by Gasteiger charge is -2.21. The molecular formula is C23H21BrN2O3. The first-order chi connectivity index (χ1) is 14.1. The lowest BCUT2D eigenvalue weighted by atomic mass is 10.1. The Morgan fingerprint density at radius 2 is 1.86 bits per heavy atom. The highest BCUT2D eigenvalue weighted by Crippen LogP contribution is 2.26. The zero-order chi connectivity index (χ0) is 20.6. The van der Waals surface area contributed by atoms with Crippen LogP contribution in [0.1, 0.15) is 11.3 Å². The number of hydrogen-bond acceptors (Lipinski definition) is 4. The quantitative estimate of drug-likeness (QED) is 0.467. The maximum atomic E-state index is 13.1. The molecule has 0 N–H and O–H groups in total. The molecule has 5 nitrogen and oxygen atoms in total. The number of carbonyl (C=O) groups excluding carboxylic acids is 1. The fourth-order valence-corrected chi connectivity index (χ4v) is 3.06. The molecule has 2 aromatic carbocycles. The van der Waals surface area contributed by atoms with Gasteiger partial charge >= 0.3 is 0 Å². The molecule has 0 atom stereocenters. The molecule has 0 fully saturated rings. The molecular weight excluding hydrogens is 432 g/mol. The molecule has 0 aliphatic rings. The fourth-order valence-electron chi connectivity index (χ4n) is 2.79. The molecule has 0 saturated carbocycles. The van der Waals surface area contributed by atoms with Gasteiger partial charge in [0.05, 0.1) is 26.5 Å². The summed E-state index contributed by atoms with van der Waals surface area (Å²) < 4.78 is 11.6. The van der Waals surface area contributed by atoms with Crippen molar-refractivity contribution >= 4 is 33.6 Å². The molecule has 0 saturated heterocycles. The fraction of sp³-hybridized carbons (Fsp3) is 0.130. The van der Waals surface area contributed by atoms with Crippen molar-refractivity contribution in [1.82, 2.24) is 4.98 Å². The molecule has 1 aromatic heterocycles. The molecule has 0 bridgehead atoms. The van der Waals surface area contributed by atoms with E-state index in [2.05, 4.69) is 20.9 Å². The Labute approximate surface area is 178 Å². The van der Waals surface area contributed by atoms with Crippen LogP contribution in [0.2, 0.25) is 0 Å². The summed E-state index contributed by atoms with van der Waals surface area (Å²) in [6.45, 7) is 0.362. The van der Waals surface area contributed by atoms with Crippen molar-refractivity contribution in [2.75, 3.05) is 19.1 Å². The van der Waals surface area contributed by atoms with E-state index in [1.807, 2.05) is 60.7 Å². The number of halogens is 1. The minimum Gasteiger partial charge on any atom is -0.497 e. The van der Waals surface area contributed by atoms with Crippen LogP contribution in [0.4, 0.5) is 5.69 Å². The monoisotopic (exact) mass is 452 g/mol. The Balaban J connectivity index is 1.90. The molecule has 6 heteroatoms. The van der Waals surface area contributed by atoms with Gasteiger partial charge in [0, 0.05) is 28.0 Å². The highest BCUT2D eigenvalue weighted by molar-refractivity contribution is 9.10.